The number of hydrazine groups is 1. The van der Waals surface area contributed by atoms with Crippen LogP contribution in [0, 0.1) is 0 Å². The standard InChI is InChI=1S/C10H13N3O2/c1-15-10(14)9-6-8(12-13-9)7-2-4-11-5-3-7/h2-5,8-9,12-13H,6H2,1H3. The Bertz CT molecular complexity index is 342. The van der Waals surface area contributed by atoms with E-state index in [2.05, 4.69) is 20.6 Å². The molecule has 0 radical (unpaired) electrons. The first kappa shape index (κ1) is 10.1. The van der Waals surface area contributed by atoms with Gasteiger partial charge in [0.25, 0.3) is 0 Å². The van der Waals surface area contributed by atoms with Gasteiger partial charge >= 0.3 is 5.97 Å². The molecule has 15 heavy (non-hydrogen) atoms. The van der Waals surface area contributed by atoms with E-state index >= 15 is 0 Å². The molecule has 2 heterocycles. The lowest BCUT2D eigenvalue weighted by Gasteiger charge is -2.08. The predicted molar refractivity (Wildman–Crippen MR) is 53.7 cm³/mol. The highest BCUT2D eigenvalue weighted by Crippen LogP contribution is 2.21. The molecule has 0 aromatic carbocycles. The fourth-order valence-electron chi connectivity index (χ4n) is 1.67. The van der Waals surface area contributed by atoms with E-state index in [1.165, 1.54) is 7.11 Å². The van der Waals surface area contributed by atoms with Crippen molar-refractivity contribution in [3.8, 4) is 0 Å². The molecule has 0 spiro atoms. The molecule has 0 amide bonds. The zero-order valence-electron chi connectivity index (χ0n) is 8.43. The fraction of sp³-hybridized carbons (Fsp3) is 0.400. The number of ether oxygens (including phenoxy) is 1. The van der Waals surface area contributed by atoms with Crippen molar-refractivity contribution in [2.24, 2.45) is 0 Å². The SMILES string of the molecule is COC(=O)C1CC(c2ccncc2)NN1. The summed E-state index contributed by atoms with van der Waals surface area (Å²) >= 11 is 0. The van der Waals surface area contributed by atoms with Gasteiger partial charge < -0.3 is 4.74 Å². The zero-order chi connectivity index (χ0) is 10.7. The lowest BCUT2D eigenvalue weighted by Crippen LogP contribution is -2.36. The van der Waals surface area contributed by atoms with Gasteiger partial charge in [0.1, 0.15) is 6.04 Å². The van der Waals surface area contributed by atoms with Crippen molar-refractivity contribution >= 4 is 5.97 Å². The van der Waals surface area contributed by atoms with Crippen LogP contribution in [-0.2, 0) is 9.53 Å². The van der Waals surface area contributed by atoms with E-state index in [0.29, 0.717) is 6.42 Å². The molecule has 1 saturated heterocycles. The third kappa shape index (κ3) is 2.14. The Hall–Kier alpha value is -1.46. The summed E-state index contributed by atoms with van der Waals surface area (Å²) in [6.45, 7) is 0. The van der Waals surface area contributed by atoms with E-state index in [4.69, 9.17) is 0 Å². The van der Waals surface area contributed by atoms with E-state index in [1.807, 2.05) is 12.1 Å². The van der Waals surface area contributed by atoms with Crippen LogP contribution < -0.4 is 10.9 Å². The van der Waals surface area contributed by atoms with E-state index in [1.54, 1.807) is 12.4 Å². The average Bonchev–Trinajstić information content (AvgIpc) is 2.78. The van der Waals surface area contributed by atoms with Crippen molar-refractivity contribution in [3.63, 3.8) is 0 Å². The average molecular weight is 207 g/mol. The normalized spacial score (nSPS) is 25.1. The second-order valence-corrected chi connectivity index (χ2v) is 3.43. The van der Waals surface area contributed by atoms with Crippen LogP contribution in [0.5, 0.6) is 0 Å². The molecule has 1 aliphatic heterocycles. The van der Waals surface area contributed by atoms with Crippen LogP contribution in [0.1, 0.15) is 18.0 Å². The summed E-state index contributed by atoms with van der Waals surface area (Å²) in [5.41, 5.74) is 7.09. The van der Waals surface area contributed by atoms with Crippen molar-refractivity contribution in [2.75, 3.05) is 7.11 Å². The van der Waals surface area contributed by atoms with Crippen LogP contribution in [0.15, 0.2) is 24.5 Å². The molecule has 2 atom stereocenters. The molecule has 1 fully saturated rings. The molecule has 2 unspecified atom stereocenters. The van der Waals surface area contributed by atoms with Gasteiger partial charge in [-0.15, -0.1) is 0 Å². The molecule has 2 rings (SSSR count). The van der Waals surface area contributed by atoms with Crippen LogP contribution in [0.2, 0.25) is 0 Å². The monoisotopic (exact) mass is 207 g/mol. The second kappa shape index (κ2) is 4.37. The van der Waals surface area contributed by atoms with Gasteiger partial charge in [-0.2, -0.15) is 0 Å². The molecule has 0 bridgehead atoms. The first-order valence-corrected chi connectivity index (χ1v) is 4.80. The summed E-state index contributed by atoms with van der Waals surface area (Å²) in [6.07, 6.45) is 4.17. The van der Waals surface area contributed by atoms with Gasteiger partial charge in [-0.1, -0.05) is 0 Å². The zero-order valence-corrected chi connectivity index (χ0v) is 8.43. The number of carbonyl (C=O) groups excluding carboxylic acids is 1. The number of nitrogens with one attached hydrogen (secondary N) is 2. The summed E-state index contributed by atoms with van der Waals surface area (Å²) in [5.74, 6) is -0.237. The van der Waals surface area contributed by atoms with Crippen LogP contribution in [0.4, 0.5) is 0 Å². The number of rotatable bonds is 2. The van der Waals surface area contributed by atoms with Gasteiger partial charge in [-0.25, -0.2) is 10.9 Å². The molecule has 5 heteroatoms. The number of pyridine rings is 1. The topological polar surface area (TPSA) is 63.2 Å². The fourth-order valence-corrected chi connectivity index (χ4v) is 1.67. The Morgan fingerprint density at radius 3 is 2.87 bits per heavy atom. The minimum atomic E-state index is -0.270. The van der Waals surface area contributed by atoms with Crippen molar-refractivity contribution in [3.05, 3.63) is 30.1 Å². The Kier molecular flexibility index (Phi) is 2.94. The van der Waals surface area contributed by atoms with Crippen LogP contribution >= 0.6 is 0 Å². The maximum atomic E-state index is 11.3. The second-order valence-electron chi connectivity index (χ2n) is 3.43. The Labute approximate surface area is 87.8 Å². The van der Waals surface area contributed by atoms with Gasteiger partial charge in [0, 0.05) is 18.4 Å². The summed E-state index contributed by atoms with van der Waals surface area (Å²) in [6, 6.07) is 3.73. The molecule has 2 N–H and O–H groups in total. The highest BCUT2D eigenvalue weighted by molar-refractivity contribution is 5.76. The molecule has 1 aliphatic rings. The summed E-state index contributed by atoms with van der Waals surface area (Å²) in [7, 11) is 1.39. The minimum Gasteiger partial charge on any atom is -0.468 e. The quantitative estimate of drug-likeness (QED) is 0.676. The van der Waals surface area contributed by atoms with E-state index in [-0.39, 0.29) is 18.1 Å². The lowest BCUT2D eigenvalue weighted by atomic mass is 10.0. The molecule has 1 aromatic heterocycles. The van der Waals surface area contributed by atoms with E-state index in [0.717, 1.165) is 5.56 Å². The third-order valence-electron chi connectivity index (χ3n) is 2.50. The summed E-state index contributed by atoms with van der Waals surface area (Å²) in [5, 5.41) is 0. The Balaban J connectivity index is 2.02. The van der Waals surface area contributed by atoms with Gasteiger partial charge in [-0.3, -0.25) is 9.78 Å². The summed E-state index contributed by atoms with van der Waals surface area (Å²) in [4.78, 5) is 15.2. The van der Waals surface area contributed by atoms with Gasteiger partial charge in [0.15, 0.2) is 0 Å². The predicted octanol–water partition coefficient (Wildman–Crippen LogP) is 0.162. The first-order valence-electron chi connectivity index (χ1n) is 4.80. The van der Waals surface area contributed by atoms with Crippen LogP contribution in [0.3, 0.4) is 0 Å². The van der Waals surface area contributed by atoms with E-state index < -0.39 is 0 Å². The number of aromatic nitrogens is 1. The Morgan fingerprint density at radius 2 is 2.20 bits per heavy atom. The first-order chi connectivity index (χ1) is 7.31. The van der Waals surface area contributed by atoms with Gasteiger partial charge in [-0.05, 0) is 24.1 Å². The molecular weight excluding hydrogens is 194 g/mol. The van der Waals surface area contributed by atoms with Crippen LogP contribution in [0.25, 0.3) is 0 Å². The number of nitrogens with zero attached hydrogens (tertiary/aromatic N) is 1. The van der Waals surface area contributed by atoms with Crippen molar-refractivity contribution in [1.29, 1.82) is 0 Å². The number of methoxy groups -OCH3 is 1. The summed E-state index contributed by atoms with van der Waals surface area (Å²) < 4.78 is 4.66. The van der Waals surface area contributed by atoms with Gasteiger partial charge in [0.2, 0.25) is 0 Å². The number of hydrogen-bond donors (Lipinski definition) is 2. The van der Waals surface area contributed by atoms with E-state index in [9.17, 15) is 4.79 Å². The molecule has 0 aliphatic carbocycles. The molecular formula is C10H13N3O2. The highest BCUT2D eigenvalue weighted by atomic mass is 16.5. The van der Waals surface area contributed by atoms with Crippen LogP contribution in [-0.4, -0.2) is 24.1 Å². The maximum Gasteiger partial charge on any atom is 0.324 e. The maximum absolute atomic E-state index is 11.3. The number of carbonyl (C=O) groups is 1. The molecule has 5 nitrogen and oxygen atoms in total. The molecule has 1 aromatic rings. The van der Waals surface area contributed by atoms with Gasteiger partial charge in [0.05, 0.1) is 7.11 Å². The Morgan fingerprint density at radius 1 is 1.47 bits per heavy atom. The highest BCUT2D eigenvalue weighted by Gasteiger charge is 2.30. The van der Waals surface area contributed by atoms with Crippen molar-refractivity contribution in [2.45, 2.75) is 18.5 Å². The minimum absolute atomic E-state index is 0.136. The lowest BCUT2D eigenvalue weighted by molar-refractivity contribution is -0.142. The molecule has 0 saturated carbocycles. The molecule has 80 valence electrons. The largest absolute Gasteiger partial charge is 0.468 e. The smallest absolute Gasteiger partial charge is 0.324 e. The van der Waals surface area contributed by atoms with Crippen molar-refractivity contribution in [1.82, 2.24) is 15.8 Å². The third-order valence-corrected chi connectivity index (χ3v) is 2.50. The number of hydrogen-bond acceptors (Lipinski definition) is 5. The van der Waals surface area contributed by atoms with Crippen molar-refractivity contribution < 1.29 is 9.53 Å². The number of esters is 1.